The standard InChI is InChI=1S/C20H24N2/c1-5-17(13-21-11-10-19-12-16(19)4)18(6-2)14-22-20-9-7-8-15(20)3/h5-6,8-14,19,21-22H,1-2,7H2,3-4H3/b11-10+,17-13+,18-14+. The summed E-state index contributed by atoms with van der Waals surface area (Å²) in [7, 11) is 0. The van der Waals surface area contributed by atoms with Crippen molar-refractivity contribution in [3.05, 3.63) is 96.2 Å². The molecule has 1 unspecified atom stereocenters. The van der Waals surface area contributed by atoms with E-state index < -0.39 is 0 Å². The maximum atomic E-state index is 3.89. The van der Waals surface area contributed by atoms with Crippen molar-refractivity contribution in [3.8, 4) is 0 Å². The number of hydrogen-bond donors (Lipinski definition) is 2. The van der Waals surface area contributed by atoms with E-state index in [4.69, 9.17) is 0 Å². The lowest BCUT2D eigenvalue weighted by molar-refractivity contribution is 1.06. The lowest BCUT2D eigenvalue weighted by Gasteiger charge is -2.08. The number of rotatable bonds is 8. The Kier molecular flexibility index (Phi) is 5.42. The predicted molar refractivity (Wildman–Crippen MR) is 95.7 cm³/mol. The van der Waals surface area contributed by atoms with Crippen molar-refractivity contribution in [1.82, 2.24) is 10.6 Å². The summed E-state index contributed by atoms with van der Waals surface area (Å²) >= 11 is 0. The molecule has 0 amide bonds. The highest BCUT2D eigenvalue weighted by Crippen LogP contribution is 2.28. The van der Waals surface area contributed by atoms with Crippen molar-refractivity contribution in [1.29, 1.82) is 0 Å². The molecule has 0 saturated heterocycles. The van der Waals surface area contributed by atoms with Crippen LogP contribution in [-0.2, 0) is 0 Å². The lowest BCUT2D eigenvalue weighted by Crippen LogP contribution is -2.06. The summed E-state index contributed by atoms with van der Waals surface area (Å²) in [5.41, 5.74) is 5.85. The van der Waals surface area contributed by atoms with Crippen molar-refractivity contribution in [2.24, 2.45) is 5.92 Å². The average molecular weight is 292 g/mol. The smallest absolute Gasteiger partial charge is 0.0369 e. The van der Waals surface area contributed by atoms with Gasteiger partial charge >= 0.3 is 0 Å². The van der Waals surface area contributed by atoms with E-state index in [0.717, 1.165) is 23.3 Å². The van der Waals surface area contributed by atoms with Crippen molar-refractivity contribution < 1.29 is 0 Å². The fourth-order valence-electron chi connectivity index (χ4n) is 2.21. The molecule has 22 heavy (non-hydrogen) atoms. The molecule has 114 valence electrons. The van der Waals surface area contributed by atoms with Gasteiger partial charge in [-0.05, 0) is 43.2 Å². The molecule has 2 heteroatoms. The van der Waals surface area contributed by atoms with Gasteiger partial charge in [-0.3, -0.25) is 0 Å². The fourth-order valence-corrected chi connectivity index (χ4v) is 2.21. The Labute approximate surface area is 133 Å². The quantitative estimate of drug-likeness (QED) is 0.503. The molecule has 0 heterocycles. The van der Waals surface area contributed by atoms with E-state index in [1.807, 2.05) is 30.8 Å². The van der Waals surface area contributed by atoms with Crippen LogP contribution in [-0.4, -0.2) is 0 Å². The van der Waals surface area contributed by atoms with E-state index in [1.165, 1.54) is 11.1 Å². The van der Waals surface area contributed by atoms with Crippen molar-refractivity contribution >= 4 is 0 Å². The van der Waals surface area contributed by atoms with Crippen LogP contribution in [0.5, 0.6) is 0 Å². The Morgan fingerprint density at radius 2 is 1.82 bits per heavy atom. The molecule has 1 atom stereocenters. The molecule has 2 N–H and O–H groups in total. The van der Waals surface area contributed by atoms with E-state index in [1.54, 1.807) is 0 Å². The largest absolute Gasteiger partial charge is 0.367 e. The molecule has 0 bridgehead atoms. The minimum atomic E-state index is 0.535. The van der Waals surface area contributed by atoms with Crippen LogP contribution in [0.25, 0.3) is 0 Å². The second kappa shape index (κ2) is 7.51. The zero-order valence-electron chi connectivity index (χ0n) is 13.4. The molecule has 0 aromatic carbocycles. The molecule has 0 spiro atoms. The van der Waals surface area contributed by atoms with Crippen LogP contribution in [0, 0.1) is 5.92 Å². The third kappa shape index (κ3) is 4.26. The first-order chi connectivity index (χ1) is 10.7. The van der Waals surface area contributed by atoms with E-state index in [-0.39, 0.29) is 0 Å². The van der Waals surface area contributed by atoms with Crippen molar-refractivity contribution in [2.45, 2.75) is 20.3 Å². The molecular formula is C20H24N2. The lowest BCUT2D eigenvalue weighted by atomic mass is 10.1. The van der Waals surface area contributed by atoms with Gasteiger partial charge in [-0.1, -0.05) is 55.2 Å². The maximum Gasteiger partial charge on any atom is 0.0369 e. The Hall–Kier alpha value is -2.48. The topological polar surface area (TPSA) is 24.1 Å². The fraction of sp³-hybridized carbons (Fsp3) is 0.200. The van der Waals surface area contributed by atoms with Crippen molar-refractivity contribution in [2.75, 3.05) is 0 Å². The summed E-state index contributed by atoms with van der Waals surface area (Å²) < 4.78 is 0. The van der Waals surface area contributed by atoms with E-state index >= 15 is 0 Å². The molecule has 0 aliphatic heterocycles. The zero-order chi connectivity index (χ0) is 15.9. The van der Waals surface area contributed by atoms with E-state index in [0.29, 0.717) is 5.92 Å². The Bertz CT molecular complexity index is 637. The molecule has 2 aliphatic carbocycles. The molecule has 2 rings (SSSR count). The van der Waals surface area contributed by atoms with Gasteiger partial charge in [0.2, 0.25) is 0 Å². The van der Waals surface area contributed by atoms with Gasteiger partial charge in [0, 0.05) is 24.0 Å². The Morgan fingerprint density at radius 3 is 2.36 bits per heavy atom. The van der Waals surface area contributed by atoms with Gasteiger partial charge < -0.3 is 10.6 Å². The molecule has 0 radical (unpaired) electrons. The summed E-state index contributed by atoms with van der Waals surface area (Å²) in [6, 6.07) is 0. The third-order valence-corrected chi connectivity index (χ3v) is 3.82. The van der Waals surface area contributed by atoms with E-state index in [2.05, 4.69) is 61.9 Å². The number of hydrogen-bond acceptors (Lipinski definition) is 2. The highest BCUT2D eigenvalue weighted by molar-refractivity contribution is 5.46. The molecule has 0 saturated carbocycles. The van der Waals surface area contributed by atoms with Gasteiger partial charge in [0.25, 0.3) is 0 Å². The van der Waals surface area contributed by atoms with Crippen molar-refractivity contribution in [3.63, 3.8) is 0 Å². The summed E-state index contributed by atoms with van der Waals surface area (Å²) in [5.74, 6) is 0.535. The van der Waals surface area contributed by atoms with E-state index in [9.17, 15) is 0 Å². The number of nitrogens with one attached hydrogen (secondary N) is 2. The van der Waals surface area contributed by atoms with Crippen LogP contribution in [0.2, 0.25) is 0 Å². The van der Waals surface area contributed by atoms with Crippen LogP contribution < -0.4 is 10.6 Å². The predicted octanol–water partition coefficient (Wildman–Crippen LogP) is 4.63. The third-order valence-electron chi connectivity index (χ3n) is 3.82. The first kappa shape index (κ1) is 15.9. The van der Waals surface area contributed by atoms with Gasteiger partial charge in [-0.15, -0.1) is 0 Å². The summed E-state index contributed by atoms with van der Waals surface area (Å²) in [6.07, 6.45) is 19.2. The Balaban J connectivity index is 1.96. The summed E-state index contributed by atoms with van der Waals surface area (Å²) in [6.45, 7) is 12.0. The number of allylic oxidation sites excluding steroid dienone is 10. The van der Waals surface area contributed by atoms with Gasteiger partial charge in [0.1, 0.15) is 0 Å². The van der Waals surface area contributed by atoms with Crippen LogP contribution >= 0.6 is 0 Å². The molecular weight excluding hydrogens is 268 g/mol. The minimum Gasteiger partial charge on any atom is -0.367 e. The molecule has 0 aromatic rings. The van der Waals surface area contributed by atoms with Gasteiger partial charge in [-0.2, -0.15) is 0 Å². The monoisotopic (exact) mass is 292 g/mol. The highest BCUT2D eigenvalue weighted by Gasteiger charge is 2.15. The summed E-state index contributed by atoms with van der Waals surface area (Å²) in [4.78, 5) is 0. The molecule has 0 aromatic heterocycles. The molecule has 2 nitrogen and oxygen atoms in total. The van der Waals surface area contributed by atoms with Gasteiger partial charge in [-0.25, -0.2) is 0 Å². The second-order valence-electron chi connectivity index (χ2n) is 5.45. The van der Waals surface area contributed by atoms with Crippen LogP contribution in [0.15, 0.2) is 96.2 Å². The molecule has 0 fully saturated rings. The van der Waals surface area contributed by atoms with Crippen LogP contribution in [0.1, 0.15) is 20.3 Å². The minimum absolute atomic E-state index is 0.535. The average Bonchev–Trinajstić information content (AvgIpc) is 3.06. The summed E-state index contributed by atoms with van der Waals surface area (Å²) in [5, 5.41) is 6.53. The van der Waals surface area contributed by atoms with Crippen LogP contribution in [0.3, 0.4) is 0 Å². The normalized spacial score (nSPS) is 21.2. The second-order valence-corrected chi connectivity index (χ2v) is 5.45. The SMILES string of the molecule is C=CC(=C\N/C=C/C1C=C1C)/C(C=C)=C/NC1=CCC=C1C. The molecule has 2 aliphatic rings. The van der Waals surface area contributed by atoms with Gasteiger partial charge in [0.15, 0.2) is 0 Å². The Morgan fingerprint density at radius 1 is 1.14 bits per heavy atom. The first-order valence-electron chi connectivity index (χ1n) is 7.56. The maximum absolute atomic E-state index is 3.89. The zero-order valence-corrected chi connectivity index (χ0v) is 13.4. The highest BCUT2D eigenvalue weighted by atomic mass is 14.9. The van der Waals surface area contributed by atoms with Gasteiger partial charge in [0.05, 0.1) is 0 Å². The van der Waals surface area contributed by atoms with Crippen LogP contribution in [0.4, 0.5) is 0 Å². The first-order valence-corrected chi connectivity index (χ1v) is 7.56.